The third kappa shape index (κ3) is 1.78. The molecule has 0 radical (unpaired) electrons. The SMILES string of the molecule is C[C@]12CC[C@H](O)CC1=C[C@@H](O)C1C2CC[C@]2(C)C(=O)CCC12. The first-order valence-electron chi connectivity index (χ1n) is 8.97. The number of Topliss-reactive ketones (excluding diaryl/α,β-unsaturated/α-hetero) is 1. The van der Waals surface area contributed by atoms with E-state index in [4.69, 9.17) is 0 Å². The highest BCUT2D eigenvalue weighted by Gasteiger charge is 2.60. The number of fused-ring (bicyclic) bond motifs is 5. The highest BCUT2D eigenvalue weighted by Crippen LogP contribution is 2.63. The van der Waals surface area contributed by atoms with Crippen molar-refractivity contribution in [3.63, 3.8) is 0 Å². The fourth-order valence-corrected chi connectivity index (χ4v) is 6.40. The van der Waals surface area contributed by atoms with Crippen LogP contribution in [0.4, 0.5) is 0 Å². The van der Waals surface area contributed by atoms with E-state index in [1.807, 2.05) is 6.08 Å². The molecule has 0 amide bonds. The summed E-state index contributed by atoms with van der Waals surface area (Å²) in [5.41, 5.74) is 1.20. The zero-order chi connectivity index (χ0) is 15.7. The highest BCUT2D eigenvalue weighted by atomic mass is 16.3. The second kappa shape index (κ2) is 4.67. The number of carbonyl (C=O) groups is 1. The largest absolute Gasteiger partial charge is 0.393 e. The Balaban J connectivity index is 1.75. The molecule has 0 aliphatic heterocycles. The van der Waals surface area contributed by atoms with E-state index in [1.165, 1.54) is 5.57 Å². The molecule has 3 heteroatoms. The minimum Gasteiger partial charge on any atom is -0.393 e. The first kappa shape index (κ1) is 14.9. The van der Waals surface area contributed by atoms with Gasteiger partial charge in [0, 0.05) is 11.8 Å². The third-order valence-corrected chi connectivity index (χ3v) is 7.81. The van der Waals surface area contributed by atoms with E-state index in [0.717, 1.165) is 38.5 Å². The molecule has 0 bridgehead atoms. The molecule has 3 fully saturated rings. The molecule has 0 heterocycles. The van der Waals surface area contributed by atoms with E-state index < -0.39 is 6.10 Å². The zero-order valence-corrected chi connectivity index (χ0v) is 13.7. The summed E-state index contributed by atoms with van der Waals surface area (Å²) in [6.07, 6.45) is 7.65. The number of ketones is 1. The van der Waals surface area contributed by atoms with Gasteiger partial charge in [0.1, 0.15) is 5.78 Å². The van der Waals surface area contributed by atoms with Gasteiger partial charge in [0.25, 0.3) is 0 Å². The summed E-state index contributed by atoms with van der Waals surface area (Å²) in [6.45, 7) is 4.48. The number of rotatable bonds is 0. The molecule has 0 aromatic carbocycles. The first-order valence-corrected chi connectivity index (χ1v) is 8.97. The number of hydrogen-bond acceptors (Lipinski definition) is 3. The fraction of sp³-hybridized carbons (Fsp3) is 0.842. The van der Waals surface area contributed by atoms with Gasteiger partial charge in [-0.05, 0) is 61.7 Å². The molecule has 4 aliphatic rings. The predicted octanol–water partition coefficient (Wildman–Crippen LogP) is 2.85. The standard InChI is InChI=1S/C19H28O3/c1-18-7-5-12(20)9-11(18)10-15(21)17-13-3-4-16(22)19(13,2)8-6-14(17)18/h10,12-15,17,20-21H,3-9H2,1-2H3/t12-,13?,14?,15+,17?,18-,19-/m0/s1. The quantitative estimate of drug-likeness (QED) is 0.677. The van der Waals surface area contributed by atoms with Crippen LogP contribution in [-0.4, -0.2) is 28.2 Å². The molecule has 3 saturated carbocycles. The Bertz CT molecular complexity index is 539. The van der Waals surface area contributed by atoms with Crippen molar-refractivity contribution in [1.29, 1.82) is 0 Å². The van der Waals surface area contributed by atoms with Crippen LogP contribution in [0.15, 0.2) is 11.6 Å². The minimum absolute atomic E-state index is 0.121. The maximum absolute atomic E-state index is 12.4. The maximum Gasteiger partial charge on any atom is 0.139 e. The number of aliphatic hydroxyl groups is 2. The molecule has 0 aromatic rings. The molecular weight excluding hydrogens is 276 g/mol. The second-order valence-corrected chi connectivity index (χ2v) is 8.70. The van der Waals surface area contributed by atoms with Crippen molar-refractivity contribution in [2.75, 3.05) is 0 Å². The molecule has 4 rings (SSSR count). The number of aliphatic hydroxyl groups excluding tert-OH is 2. The Labute approximate surface area is 132 Å². The molecular formula is C19H28O3. The van der Waals surface area contributed by atoms with E-state index in [2.05, 4.69) is 13.8 Å². The van der Waals surface area contributed by atoms with E-state index >= 15 is 0 Å². The summed E-state index contributed by atoms with van der Waals surface area (Å²) < 4.78 is 0. The maximum atomic E-state index is 12.4. The Kier molecular flexibility index (Phi) is 3.16. The van der Waals surface area contributed by atoms with Gasteiger partial charge >= 0.3 is 0 Å². The Morgan fingerprint density at radius 2 is 1.73 bits per heavy atom. The molecule has 0 spiro atoms. The van der Waals surface area contributed by atoms with Gasteiger partial charge in [-0.15, -0.1) is 0 Å². The van der Waals surface area contributed by atoms with Crippen molar-refractivity contribution in [2.24, 2.45) is 28.6 Å². The summed E-state index contributed by atoms with van der Waals surface area (Å²) in [6, 6.07) is 0. The molecule has 3 nitrogen and oxygen atoms in total. The van der Waals surface area contributed by atoms with E-state index in [-0.39, 0.29) is 22.9 Å². The van der Waals surface area contributed by atoms with Gasteiger partial charge < -0.3 is 10.2 Å². The van der Waals surface area contributed by atoms with Crippen LogP contribution >= 0.6 is 0 Å². The highest BCUT2D eigenvalue weighted by molar-refractivity contribution is 5.87. The fourth-order valence-electron chi connectivity index (χ4n) is 6.40. The van der Waals surface area contributed by atoms with Crippen molar-refractivity contribution in [2.45, 2.75) is 71.0 Å². The van der Waals surface area contributed by atoms with E-state index in [0.29, 0.717) is 24.0 Å². The lowest BCUT2D eigenvalue weighted by atomic mass is 9.47. The molecule has 122 valence electrons. The van der Waals surface area contributed by atoms with Crippen LogP contribution in [0, 0.1) is 28.6 Å². The van der Waals surface area contributed by atoms with Gasteiger partial charge in [0.15, 0.2) is 0 Å². The number of hydrogen-bond donors (Lipinski definition) is 2. The van der Waals surface area contributed by atoms with Crippen molar-refractivity contribution in [3.05, 3.63) is 11.6 Å². The van der Waals surface area contributed by atoms with Gasteiger partial charge in [-0.3, -0.25) is 4.79 Å². The Morgan fingerprint density at radius 1 is 1.05 bits per heavy atom. The van der Waals surface area contributed by atoms with Gasteiger partial charge in [-0.25, -0.2) is 0 Å². The van der Waals surface area contributed by atoms with Gasteiger partial charge in [0.2, 0.25) is 0 Å². The summed E-state index contributed by atoms with van der Waals surface area (Å²) >= 11 is 0. The molecule has 2 N–H and O–H groups in total. The molecule has 0 aromatic heterocycles. The average molecular weight is 304 g/mol. The van der Waals surface area contributed by atoms with E-state index in [9.17, 15) is 15.0 Å². The van der Waals surface area contributed by atoms with Gasteiger partial charge in [-0.1, -0.05) is 25.5 Å². The van der Waals surface area contributed by atoms with Crippen molar-refractivity contribution >= 4 is 5.78 Å². The van der Waals surface area contributed by atoms with Gasteiger partial charge in [0.05, 0.1) is 12.2 Å². The molecule has 0 saturated heterocycles. The average Bonchev–Trinajstić information content (AvgIpc) is 2.77. The second-order valence-electron chi connectivity index (χ2n) is 8.70. The van der Waals surface area contributed by atoms with Crippen LogP contribution < -0.4 is 0 Å². The normalized spacial score (nSPS) is 54.3. The Morgan fingerprint density at radius 3 is 2.50 bits per heavy atom. The molecule has 7 atom stereocenters. The summed E-state index contributed by atoms with van der Waals surface area (Å²) in [5.74, 6) is 1.46. The third-order valence-electron chi connectivity index (χ3n) is 7.81. The molecule has 3 unspecified atom stereocenters. The van der Waals surface area contributed by atoms with Crippen LogP contribution in [0.5, 0.6) is 0 Å². The summed E-state index contributed by atoms with van der Waals surface area (Å²) in [5, 5.41) is 20.8. The van der Waals surface area contributed by atoms with Crippen LogP contribution in [0.2, 0.25) is 0 Å². The minimum atomic E-state index is -0.436. The predicted molar refractivity (Wildman–Crippen MR) is 84.1 cm³/mol. The smallest absolute Gasteiger partial charge is 0.139 e. The summed E-state index contributed by atoms with van der Waals surface area (Å²) in [7, 11) is 0. The van der Waals surface area contributed by atoms with Crippen molar-refractivity contribution in [3.8, 4) is 0 Å². The lowest BCUT2D eigenvalue weighted by Gasteiger charge is -2.58. The monoisotopic (exact) mass is 304 g/mol. The van der Waals surface area contributed by atoms with Crippen LogP contribution in [0.25, 0.3) is 0 Å². The van der Waals surface area contributed by atoms with Crippen LogP contribution in [-0.2, 0) is 4.79 Å². The molecule has 4 aliphatic carbocycles. The number of carbonyl (C=O) groups excluding carboxylic acids is 1. The van der Waals surface area contributed by atoms with Crippen LogP contribution in [0.3, 0.4) is 0 Å². The first-order chi connectivity index (χ1) is 10.4. The summed E-state index contributed by atoms with van der Waals surface area (Å²) in [4.78, 5) is 12.4. The van der Waals surface area contributed by atoms with Crippen molar-refractivity contribution in [1.82, 2.24) is 0 Å². The lowest BCUT2D eigenvalue weighted by Crippen LogP contribution is -2.54. The van der Waals surface area contributed by atoms with E-state index in [1.54, 1.807) is 0 Å². The molecule has 22 heavy (non-hydrogen) atoms. The van der Waals surface area contributed by atoms with Gasteiger partial charge in [-0.2, -0.15) is 0 Å². The van der Waals surface area contributed by atoms with Crippen LogP contribution in [0.1, 0.15) is 58.8 Å². The lowest BCUT2D eigenvalue weighted by molar-refractivity contribution is -0.135. The topological polar surface area (TPSA) is 57.5 Å². The zero-order valence-electron chi connectivity index (χ0n) is 13.7. The van der Waals surface area contributed by atoms with Crippen molar-refractivity contribution < 1.29 is 15.0 Å². The Hall–Kier alpha value is -0.670.